The number of primary amides is 1. The highest BCUT2D eigenvalue weighted by atomic mass is 16.1. The van der Waals surface area contributed by atoms with Gasteiger partial charge in [0.15, 0.2) is 0 Å². The van der Waals surface area contributed by atoms with Crippen LogP contribution in [-0.4, -0.2) is 12.5 Å². The van der Waals surface area contributed by atoms with Gasteiger partial charge in [-0.05, 0) is 50.1 Å². The zero-order valence-electron chi connectivity index (χ0n) is 10.5. The average Bonchev–Trinajstić information content (AvgIpc) is 2.30. The minimum atomic E-state index is -0.374. The number of carbonyl (C=O) groups is 1. The van der Waals surface area contributed by atoms with Gasteiger partial charge in [0.25, 0.3) is 0 Å². The smallest absolute Gasteiger partial charge is 0.248 e. The Morgan fingerprint density at radius 3 is 2.82 bits per heavy atom. The van der Waals surface area contributed by atoms with Crippen LogP contribution in [0.25, 0.3) is 0 Å². The van der Waals surface area contributed by atoms with Crippen molar-refractivity contribution >= 4 is 5.91 Å². The molecule has 0 heterocycles. The van der Waals surface area contributed by atoms with Crippen LogP contribution in [0.4, 0.5) is 0 Å². The number of allylic oxidation sites excluding steroid dienone is 1. The van der Waals surface area contributed by atoms with Crippen LogP contribution in [0.5, 0.6) is 0 Å². The first-order valence-electron chi connectivity index (χ1n) is 5.86. The molecule has 3 heteroatoms. The third-order valence-corrected chi connectivity index (χ3v) is 2.67. The van der Waals surface area contributed by atoms with Crippen LogP contribution in [0.3, 0.4) is 0 Å². The molecule has 0 radical (unpaired) electrons. The number of rotatable bonds is 6. The molecule has 0 atom stereocenters. The van der Waals surface area contributed by atoms with Crippen molar-refractivity contribution in [2.75, 3.05) is 6.54 Å². The Morgan fingerprint density at radius 1 is 1.47 bits per heavy atom. The summed E-state index contributed by atoms with van der Waals surface area (Å²) >= 11 is 0. The topological polar surface area (TPSA) is 55.1 Å². The van der Waals surface area contributed by atoms with Gasteiger partial charge in [-0.2, -0.15) is 0 Å². The summed E-state index contributed by atoms with van der Waals surface area (Å²) in [5.41, 5.74) is 8.10. The van der Waals surface area contributed by atoms with Crippen LogP contribution in [0.15, 0.2) is 30.4 Å². The molecule has 1 rings (SSSR count). The summed E-state index contributed by atoms with van der Waals surface area (Å²) in [6.07, 6.45) is 5.22. The molecule has 1 aromatic carbocycles. The molecule has 0 aliphatic heterocycles. The van der Waals surface area contributed by atoms with Gasteiger partial charge in [-0.1, -0.05) is 18.2 Å². The summed E-state index contributed by atoms with van der Waals surface area (Å²) in [5, 5.41) is 3.36. The lowest BCUT2D eigenvalue weighted by molar-refractivity contribution is 0.1000. The second-order valence-electron chi connectivity index (χ2n) is 4.04. The minimum absolute atomic E-state index is 0.374. The SMILES string of the molecule is C/C=C/CCNCc1ccc(C(N)=O)cc1C. The Morgan fingerprint density at radius 2 is 2.24 bits per heavy atom. The summed E-state index contributed by atoms with van der Waals surface area (Å²) in [6, 6.07) is 5.57. The Hall–Kier alpha value is -1.61. The second kappa shape index (κ2) is 6.86. The Labute approximate surface area is 103 Å². The molecule has 0 fully saturated rings. The maximum atomic E-state index is 11.0. The van der Waals surface area contributed by atoms with Crippen molar-refractivity contribution in [1.29, 1.82) is 0 Å². The lowest BCUT2D eigenvalue weighted by Crippen LogP contribution is -2.16. The molecule has 1 amide bonds. The molecule has 0 aromatic heterocycles. The van der Waals surface area contributed by atoms with E-state index in [0.717, 1.165) is 25.1 Å². The van der Waals surface area contributed by atoms with E-state index < -0.39 is 0 Å². The van der Waals surface area contributed by atoms with E-state index in [9.17, 15) is 4.79 Å². The third-order valence-electron chi connectivity index (χ3n) is 2.67. The molecule has 0 saturated heterocycles. The van der Waals surface area contributed by atoms with Crippen molar-refractivity contribution in [2.45, 2.75) is 26.8 Å². The molecule has 17 heavy (non-hydrogen) atoms. The van der Waals surface area contributed by atoms with Crippen molar-refractivity contribution in [3.05, 3.63) is 47.0 Å². The van der Waals surface area contributed by atoms with Crippen molar-refractivity contribution in [3.8, 4) is 0 Å². The molecule has 3 N–H and O–H groups in total. The molecule has 0 unspecified atom stereocenters. The third kappa shape index (κ3) is 4.41. The first-order valence-corrected chi connectivity index (χ1v) is 5.86. The molecule has 0 bridgehead atoms. The van der Waals surface area contributed by atoms with Gasteiger partial charge in [-0.3, -0.25) is 4.79 Å². The monoisotopic (exact) mass is 232 g/mol. The van der Waals surface area contributed by atoms with Gasteiger partial charge in [0.2, 0.25) is 5.91 Å². The summed E-state index contributed by atoms with van der Waals surface area (Å²) in [7, 11) is 0. The molecule has 0 spiro atoms. The van der Waals surface area contributed by atoms with E-state index in [1.165, 1.54) is 5.56 Å². The molecule has 1 aromatic rings. The van der Waals surface area contributed by atoms with Crippen LogP contribution < -0.4 is 11.1 Å². The Bertz CT molecular complexity index is 411. The van der Waals surface area contributed by atoms with E-state index >= 15 is 0 Å². The molecular formula is C14H20N2O. The number of amides is 1. The lowest BCUT2D eigenvalue weighted by Gasteiger charge is -2.08. The van der Waals surface area contributed by atoms with Crippen LogP contribution in [0.1, 0.15) is 34.8 Å². The fourth-order valence-electron chi connectivity index (χ4n) is 1.62. The highest BCUT2D eigenvalue weighted by Gasteiger charge is 2.03. The van der Waals surface area contributed by atoms with E-state index in [1.54, 1.807) is 6.07 Å². The largest absolute Gasteiger partial charge is 0.366 e. The second-order valence-corrected chi connectivity index (χ2v) is 4.04. The van der Waals surface area contributed by atoms with Crippen molar-refractivity contribution in [2.24, 2.45) is 5.73 Å². The Balaban J connectivity index is 2.52. The van der Waals surface area contributed by atoms with Crippen LogP contribution in [0.2, 0.25) is 0 Å². The molecule has 0 saturated carbocycles. The fourth-order valence-corrected chi connectivity index (χ4v) is 1.62. The first-order chi connectivity index (χ1) is 8.15. The highest BCUT2D eigenvalue weighted by Crippen LogP contribution is 2.10. The zero-order valence-corrected chi connectivity index (χ0v) is 10.5. The van der Waals surface area contributed by atoms with Gasteiger partial charge in [0.05, 0.1) is 0 Å². The Kier molecular flexibility index (Phi) is 5.43. The van der Waals surface area contributed by atoms with Gasteiger partial charge in [-0.15, -0.1) is 0 Å². The summed E-state index contributed by atoms with van der Waals surface area (Å²) < 4.78 is 0. The van der Waals surface area contributed by atoms with Crippen molar-refractivity contribution in [3.63, 3.8) is 0 Å². The number of hydrogen-bond donors (Lipinski definition) is 2. The first kappa shape index (κ1) is 13.5. The minimum Gasteiger partial charge on any atom is -0.366 e. The standard InChI is InChI=1S/C14H20N2O/c1-3-4-5-8-16-10-13-7-6-12(14(15)17)9-11(13)2/h3-4,6-7,9,16H,5,8,10H2,1-2H3,(H2,15,17)/b4-3+. The summed E-state index contributed by atoms with van der Waals surface area (Å²) in [5.74, 6) is -0.374. The predicted octanol–water partition coefficient (Wildman–Crippen LogP) is 2.15. The normalized spacial score (nSPS) is 10.9. The van der Waals surface area contributed by atoms with Crippen molar-refractivity contribution < 1.29 is 4.79 Å². The van der Waals surface area contributed by atoms with Crippen LogP contribution >= 0.6 is 0 Å². The number of nitrogens with one attached hydrogen (secondary N) is 1. The van der Waals surface area contributed by atoms with Crippen molar-refractivity contribution in [1.82, 2.24) is 5.32 Å². The molecule has 3 nitrogen and oxygen atoms in total. The number of carbonyl (C=O) groups excluding carboxylic acids is 1. The average molecular weight is 232 g/mol. The number of nitrogens with two attached hydrogens (primary N) is 1. The van der Waals surface area contributed by atoms with E-state index in [4.69, 9.17) is 5.73 Å². The fraction of sp³-hybridized carbons (Fsp3) is 0.357. The zero-order chi connectivity index (χ0) is 12.7. The lowest BCUT2D eigenvalue weighted by atomic mass is 10.0. The molecule has 0 aliphatic carbocycles. The van der Waals surface area contributed by atoms with Gasteiger partial charge in [-0.25, -0.2) is 0 Å². The molecular weight excluding hydrogens is 212 g/mol. The summed E-state index contributed by atoms with van der Waals surface area (Å²) in [4.78, 5) is 11.0. The quantitative estimate of drug-likeness (QED) is 0.583. The van der Waals surface area contributed by atoms with E-state index in [-0.39, 0.29) is 5.91 Å². The maximum Gasteiger partial charge on any atom is 0.248 e. The number of benzene rings is 1. The van der Waals surface area contributed by atoms with Gasteiger partial charge >= 0.3 is 0 Å². The van der Waals surface area contributed by atoms with Crippen LogP contribution in [0, 0.1) is 6.92 Å². The van der Waals surface area contributed by atoms with Gasteiger partial charge < -0.3 is 11.1 Å². The number of hydrogen-bond acceptors (Lipinski definition) is 2. The van der Waals surface area contributed by atoms with Gasteiger partial charge in [0.1, 0.15) is 0 Å². The molecule has 92 valence electrons. The number of aryl methyl sites for hydroxylation is 1. The highest BCUT2D eigenvalue weighted by molar-refractivity contribution is 5.93. The predicted molar refractivity (Wildman–Crippen MR) is 70.8 cm³/mol. The summed E-state index contributed by atoms with van der Waals surface area (Å²) in [6.45, 7) is 5.80. The van der Waals surface area contributed by atoms with E-state index in [1.807, 2.05) is 26.0 Å². The van der Waals surface area contributed by atoms with E-state index in [2.05, 4.69) is 17.5 Å². The molecule has 0 aliphatic rings. The maximum absolute atomic E-state index is 11.0. The van der Waals surface area contributed by atoms with Crippen LogP contribution in [-0.2, 0) is 6.54 Å². The van der Waals surface area contributed by atoms with Gasteiger partial charge in [0, 0.05) is 12.1 Å². The van der Waals surface area contributed by atoms with E-state index in [0.29, 0.717) is 5.56 Å².